The summed E-state index contributed by atoms with van der Waals surface area (Å²) in [6.45, 7) is 2.34. The number of ether oxygens (including phenoxy) is 1. The molecule has 0 saturated carbocycles. The van der Waals surface area contributed by atoms with E-state index in [9.17, 15) is 9.59 Å². The number of benzene rings is 1. The van der Waals surface area contributed by atoms with Gasteiger partial charge >= 0.3 is 0 Å². The van der Waals surface area contributed by atoms with Gasteiger partial charge in [-0.3, -0.25) is 9.59 Å². The largest absolute Gasteiger partial charge is 0.481 e. The van der Waals surface area contributed by atoms with Gasteiger partial charge in [-0.25, -0.2) is 0 Å². The van der Waals surface area contributed by atoms with Crippen LogP contribution in [-0.4, -0.2) is 24.5 Å². The van der Waals surface area contributed by atoms with Crippen molar-refractivity contribution in [1.82, 2.24) is 5.32 Å². The highest BCUT2D eigenvalue weighted by molar-refractivity contribution is 5.92. The molecular formula is C18H24N2O3. The zero-order valence-corrected chi connectivity index (χ0v) is 13.5. The quantitative estimate of drug-likeness (QED) is 0.759. The molecule has 5 heteroatoms. The van der Waals surface area contributed by atoms with Crippen molar-refractivity contribution in [3.05, 3.63) is 41.5 Å². The lowest BCUT2D eigenvalue weighted by Crippen LogP contribution is -2.37. The molecule has 3 N–H and O–H groups in total. The summed E-state index contributed by atoms with van der Waals surface area (Å²) in [5.41, 5.74) is 7.03. The Hall–Kier alpha value is -2.30. The Kier molecular flexibility index (Phi) is 6.20. The van der Waals surface area contributed by atoms with Crippen molar-refractivity contribution in [2.45, 2.75) is 45.1 Å². The van der Waals surface area contributed by atoms with Crippen LogP contribution in [0.1, 0.15) is 49.4 Å². The molecule has 0 unspecified atom stereocenters. The summed E-state index contributed by atoms with van der Waals surface area (Å²) in [5.74, 6) is -0.0904. The van der Waals surface area contributed by atoms with Crippen LogP contribution < -0.4 is 15.8 Å². The first-order chi connectivity index (χ1) is 11.1. The minimum atomic E-state index is -0.588. The molecule has 1 aromatic carbocycles. The molecular weight excluding hydrogens is 292 g/mol. The minimum absolute atomic E-state index is 0.139. The molecule has 0 saturated heterocycles. The molecule has 0 bridgehead atoms. The second kappa shape index (κ2) is 8.36. The van der Waals surface area contributed by atoms with Gasteiger partial charge in [-0.1, -0.05) is 11.6 Å². The van der Waals surface area contributed by atoms with Crippen molar-refractivity contribution in [2.75, 3.05) is 6.54 Å². The lowest BCUT2D eigenvalue weighted by Gasteiger charge is -2.16. The zero-order chi connectivity index (χ0) is 16.7. The Balaban J connectivity index is 1.75. The Morgan fingerprint density at radius 1 is 1.26 bits per heavy atom. The predicted octanol–water partition coefficient (Wildman–Crippen LogP) is 2.56. The first-order valence-electron chi connectivity index (χ1n) is 8.08. The molecule has 0 heterocycles. The molecule has 1 aromatic rings. The number of rotatable bonds is 7. The van der Waals surface area contributed by atoms with Crippen molar-refractivity contribution in [3.63, 3.8) is 0 Å². The van der Waals surface area contributed by atoms with Gasteiger partial charge < -0.3 is 15.8 Å². The second-order valence-corrected chi connectivity index (χ2v) is 5.80. The minimum Gasteiger partial charge on any atom is -0.481 e. The van der Waals surface area contributed by atoms with E-state index in [0.29, 0.717) is 17.9 Å². The number of primary amides is 1. The van der Waals surface area contributed by atoms with E-state index in [1.807, 2.05) is 0 Å². The molecule has 0 fully saturated rings. The fraction of sp³-hybridized carbons (Fsp3) is 0.444. The van der Waals surface area contributed by atoms with Crippen molar-refractivity contribution in [1.29, 1.82) is 0 Å². The van der Waals surface area contributed by atoms with Crippen LogP contribution in [0.15, 0.2) is 35.9 Å². The van der Waals surface area contributed by atoms with Crippen molar-refractivity contribution in [3.8, 4) is 5.75 Å². The molecule has 1 aliphatic carbocycles. The van der Waals surface area contributed by atoms with Crippen LogP contribution in [0.3, 0.4) is 0 Å². The molecule has 1 aliphatic rings. The van der Waals surface area contributed by atoms with Crippen molar-refractivity contribution < 1.29 is 14.3 Å². The summed E-state index contributed by atoms with van der Waals surface area (Å²) in [7, 11) is 0. The van der Waals surface area contributed by atoms with Gasteiger partial charge in [0.2, 0.25) is 5.91 Å². The van der Waals surface area contributed by atoms with E-state index in [4.69, 9.17) is 10.5 Å². The number of hydrogen-bond acceptors (Lipinski definition) is 3. The van der Waals surface area contributed by atoms with Crippen LogP contribution in [0.2, 0.25) is 0 Å². The number of carbonyl (C=O) groups is 2. The molecule has 5 nitrogen and oxygen atoms in total. The molecule has 0 spiro atoms. The maximum Gasteiger partial charge on any atom is 0.260 e. The van der Waals surface area contributed by atoms with E-state index in [2.05, 4.69) is 11.4 Å². The summed E-state index contributed by atoms with van der Waals surface area (Å²) < 4.78 is 5.57. The molecule has 23 heavy (non-hydrogen) atoms. The van der Waals surface area contributed by atoms with E-state index >= 15 is 0 Å². The number of amides is 2. The molecule has 124 valence electrons. The first-order valence-corrected chi connectivity index (χ1v) is 8.08. The summed E-state index contributed by atoms with van der Waals surface area (Å²) in [6.07, 6.45) is 7.44. The van der Waals surface area contributed by atoms with Gasteiger partial charge in [-0.15, -0.1) is 0 Å². The third kappa shape index (κ3) is 5.43. The smallest absolute Gasteiger partial charge is 0.260 e. The van der Waals surface area contributed by atoms with Crippen molar-refractivity contribution in [2.24, 2.45) is 5.73 Å². The maximum absolute atomic E-state index is 12.0. The zero-order valence-electron chi connectivity index (χ0n) is 13.5. The lowest BCUT2D eigenvalue weighted by atomic mass is 9.97. The summed E-state index contributed by atoms with van der Waals surface area (Å²) in [5, 5.41) is 2.90. The van der Waals surface area contributed by atoms with E-state index in [1.165, 1.54) is 18.4 Å². The fourth-order valence-corrected chi connectivity index (χ4v) is 2.58. The Labute approximate surface area is 136 Å². The topological polar surface area (TPSA) is 81.4 Å². The van der Waals surface area contributed by atoms with Gasteiger partial charge in [0, 0.05) is 12.1 Å². The standard InChI is InChI=1S/C18H24N2O3/c1-13(23-16-9-7-15(8-10-16)17(19)21)18(22)20-12-11-14-5-3-2-4-6-14/h5,7-10,13H,2-4,6,11-12H2,1H3,(H2,19,21)(H,20,22)/t13-/m0/s1. The Morgan fingerprint density at radius 3 is 2.61 bits per heavy atom. The number of carbonyl (C=O) groups excluding carboxylic acids is 2. The van der Waals surface area contributed by atoms with E-state index in [1.54, 1.807) is 31.2 Å². The molecule has 0 radical (unpaired) electrons. The van der Waals surface area contributed by atoms with Crippen molar-refractivity contribution >= 4 is 11.8 Å². The highest BCUT2D eigenvalue weighted by atomic mass is 16.5. The van der Waals surface area contributed by atoms with Gasteiger partial charge in [0.1, 0.15) is 5.75 Å². The normalized spacial score (nSPS) is 15.4. The predicted molar refractivity (Wildman–Crippen MR) is 89.2 cm³/mol. The van der Waals surface area contributed by atoms with Crippen LogP contribution in [0, 0.1) is 0 Å². The van der Waals surface area contributed by atoms with Crippen LogP contribution in [0.25, 0.3) is 0 Å². The monoisotopic (exact) mass is 316 g/mol. The molecule has 2 amide bonds. The van der Waals surface area contributed by atoms with E-state index in [0.717, 1.165) is 19.3 Å². The van der Waals surface area contributed by atoms with Crippen LogP contribution in [0.5, 0.6) is 5.75 Å². The molecule has 1 atom stereocenters. The van der Waals surface area contributed by atoms with E-state index in [-0.39, 0.29) is 5.91 Å². The first kappa shape index (κ1) is 17.1. The van der Waals surface area contributed by atoms with Gasteiger partial charge in [-0.2, -0.15) is 0 Å². The molecule has 2 rings (SSSR count). The highest BCUT2D eigenvalue weighted by Gasteiger charge is 2.14. The molecule has 0 aliphatic heterocycles. The van der Waals surface area contributed by atoms with E-state index < -0.39 is 12.0 Å². The second-order valence-electron chi connectivity index (χ2n) is 5.80. The Bertz CT molecular complexity index is 578. The summed E-state index contributed by atoms with van der Waals surface area (Å²) in [6, 6.07) is 6.43. The average Bonchev–Trinajstić information content (AvgIpc) is 2.56. The third-order valence-electron chi connectivity index (χ3n) is 3.95. The van der Waals surface area contributed by atoms with Gasteiger partial charge in [0.15, 0.2) is 6.10 Å². The number of allylic oxidation sites excluding steroid dienone is 1. The third-order valence-corrected chi connectivity index (χ3v) is 3.95. The number of nitrogens with one attached hydrogen (secondary N) is 1. The summed E-state index contributed by atoms with van der Waals surface area (Å²) in [4.78, 5) is 23.0. The van der Waals surface area contributed by atoms with Gasteiger partial charge in [0.25, 0.3) is 5.91 Å². The SMILES string of the molecule is C[C@H](Oc1ccc(C(N)=O)cc1)C(=O)NCCC1=CCCCC1. The van der Waals surface area contributed by atoms with Crippen LogP contribution >= 0.6 is 0 Å². The lowest BCUT2D eigenvalue weighted by molar-refractivity contribution is -0.127. The van der Waals surface area contributed by atoms with Crippen LogP contribution in [-0.2, 0) is 4.79 Å². The number of nitrogens with two attached hydrogens (primary N) is 1. The van der Waals surface area contributed by atoms with Gasteiger partial charge in [-0.05, 0) is 63.3 Å². The number of hydrogen-bond donors (Lipinski definition) is 2. The Morgan fingerprint density at radius 2 is 2.00 bits per heavy atom. The fourth-order valence-electron chi connectivity index (χ4n) is 2.58. The average molecular weight is 316 g/mol. The highest BCUT2D eigenvalue weighted by Crippen LogP contribution is 2.19. The molecule has 0 aromatic heterocycles. The van der Waals surface area contributed by atoms with Gasteiger partial charge in [0.05, 0.1) is 0 Å². The van der Waals surface area contributed by atoms with Crippen LogP contribution in [0.4, 0.5) is 0 Å². The summed E-state index contributed by atoms with van der Waals surface area (Å²) >= 11 is 0. The maximum atomic E-state index is 12.0.